The molecule has 0 fully saturated rings. The topological polar surface area (TPSA) is 124 Å². The largest absolute Gasteiger partial charge is 0.480 e. The van der Waals surface area contributed by atoms with Crippen molar-refractivity contribution in [3.8, 4) is 11.5 Å². The lowest BCUT2D eigenvalue weighted by Crippen LogP contribution is -2.31. The molecule has 0 bridgehead atoms. The number of rotatable bonds is 16. The van der Waals surface area contributed by atoms with Gasteiger partial charge in [-0.25, -0.2) is 9.59 Å². The molecule has 0 N–H and O–H groups in total. The Labute approximate surface area is 324 Å². The van der Waals surface area contributed by atoms with Crippen molar-refractivity contribution in [3.63, 3.8) is 0 Å². The number of carbonyl (C=O) groups excluding carboxylic acids is 2. The van der Waals surface area contributed by atoms with Crippen molar-refractivity contribution in [2.45, 2.75) is 39.9 Å². The molecule has 0 saturated carbocycles. The quantitative estimate of drug-likeness (QED) is 0.0701. The Morgan fingerprint density at radius 3 is 1.74 bits per heavy atom. The monoisotopic (exact) mass is 790 g/mol. The van der Waals surface area contributed by atoms with Gasteiger partial charge in [0.1, 0.15) is 23.7 Å². The molecule has 0 spiro atoms. The van der Waals surface area contributed by atoms with Crippen molar-refractivity contribution in [1.82, 2.24) is 0 Å². The second kappa shape index (κ2) is 17.3. The third-order valence-corrected chi connectivity index (χ3v) is 11.0. The van der Waals surface area contributed by atoms with Gasteiger partial charge in [0.05, 0.1) is 46.2 Å². The first-order chi connectivity index (χ1) is 25.9. The zero-order valence-corrected chi connectivity index (χ0v) is 32.6. The SMILES string of the molecule is CC(COCC(C)(C)COCC(C)OC(=O)COc1ccc(Cl)c2c(=O)c3ccccc3sc12)OC(=O)COc1cccc2c(=O)c3ccccc3sc12. The fraction of sp³-hybridized carbons (Fsp3) is 0.317. The maximum Gasteiger partial charge on any atom is 0.344 e. The molecule has 0 saturated heterocycles. The Morgan fingerprint density at radius 2 is 1.15 bits per heavy atom. The number of halogens is 1. The van der Waals surface area contributed by atoms with Crippen LogP contribution in [0.5, 0.6) is 11.5 Å². The first-order valence-electron chi connectivity index (χ1n) is 17.3. The minimum Gasteiger partial charge on any atom is -0.480 e. The molecule has 0 aliphatic carbocycles. The van der Waals surface area contributed by atoms with Crippen LogP contribution < -0.4 is 20.3 Å². The maximum atomic E-state index is 13.1. The highest BCUT2D eigenvalue weighted by Gasteiger charge is 2.22. The molecule has 13 heteroatoms. The number of fused-ring (bicyclic) bond motifs is 4. The standard InChI is InChI=1S/C41H39ClO10S2/c1-24(51-34(43)20-49-30-13-9-12-28-37(45)26-10-5-7-14-32(26)53-39(28)30)18-47-22-41(3,4)23-48-19-25(2)52-35(44)21-50-31-17-16-29(42)36-38(46)27-11-6-8-15-33(27)54-40(31)36/h5-17,24-25H,18-23H2,1-4H3. The first-order valence-corrected chi connectivity index (χ1v) is 19.3. The summed E-state index contributed by atoms with van der Waals surface area (Å²) in [5, 5.41) is 2.43. The van der Waals surface area contributed by atoms with Crippen LogP contribution in [0.4, 0.5) is 0 Å². The number of esters is 2. The number of carbonyl (C=O) groups is 2. The van der Waals surface area contributed by atoms with Gasteiger partial charge < -0.3 is 28.4 Å². The summed E-state index contributed by atoms with van der Waals surface area (Å²) in [6, 6.07) is 23.1. The lowest BCUT2D eigenvalue weighted by Gasteiger charge is -2.26. The van der Waals surface area contributed by atoms with Crippen LogP contribution in [0.1, 0.15) is 27.7 Å². The van der Waals surface area contributed by atoms with E-state index in [1.165, 1.54) is 22.7 Å². The van der Waals surface area contributed by atoms with Crippen LogP contribution in [-0.2, 0) is 28.5 Å². The van der Waals surface area contributed by atoms with Crippen LogP contribution in [0, 0.1) is 5.41 Å². The minimum absolute atomic E-state index is 0.0776. The van der Waals surface area contributed by atoms with Gasteiger partial charge in [-0.3, -0.25) is 9.59 Å². The van der Waals surface area contributed by atoms with E-state index in [1.54, 1.807) is 62.4 Å². The van der Waals surface area contributed by atoms with Crippen LogP contribution in [0.2, 0.25) is 5.02 Å². The predicted octanol–water partition coefficient (Wildman–Crippen LogP) is 8.18. The molecule has 54 heavy (non-hydrogen) atoms. The molecule has 6 aromatic rings. The zero-order valence-electron chi connectivity index (χ0n) is 30.2. The van der Waals surface area contributed by atoms with E-state index in [4.69, 9.17) is 40.0 Å². The van der Waals surface area contributed by atoms with Crippen molar-refractivity contribution < 1.29 is 38.0 Å². The minimum atomic E-state index is -0.582. The molecule has 4 aromatic carbocycles. The molecule has 0 aliphatic heterocycles. The Bertz CT molecular complexity index is 2440. The van der Waals surface area contributed by atoms with E-state index in [2.05, 4.69) is 0 Å². The molecule has 282 valence electrons. The number of benzene rings is 4. The molecule has 6 rings (SSSR count). The maximum absolute atomic E-state index is 13.1. The van der Waals surface area contributed by atoms with Gasteiger partial charge in [0.2, 0.25) is 0 Å². The van der Waals surface area contributed by atoms with Gasteiger partial charge in [-0.1, -0.05) is 55.8 Å². The molecular formula is C41H39ClO10S2. The number of hydrogen-bond donors (Lipinski definition) is 0. The zero-order chi connectivity index (χ0) is 38.4. The third kappa shape index (κ3) is 9.37. The summed E-state index contributed by atoms with van der Waals surface area (Å²) in [4.78, 5) is 51.2. The molecule has 10 nitrogen and oxygen atoms in total. The Morgan fingerprint density at radius 1 is 0.648 bits per heavy atom. The molecule has 0 radical (unpaired) electrons. The van der Waals surface area contributed by atoms with E-state index in [1.807, 2.05) is 44.2 Å². The molecule has 2 heterocycles. The lowest BCUT2D eigenvalue weighted by molar-refractivity contribution is -0.154. The summed E-state index contributed by atoms with van der Waals surface area (Å²) < 4.78 is 37.1. The molecule has 2 atom stereocenters. The average molecular weight is 791 g/mol. The summed E-state index contributed by atoms with van der Waals surface area (Å²) in [6.07, 6.45) is -1.07. The summed E-state index contributed by atoms with van der Waals surface area (Å²) in [5.74, 6) is -0.319. The average Bonchev–Trinajstić information content (AvgIpc) is 3.13. The number of ether oxygens (including phenoxy) is 6. The van der Waals surface area contributed by atoms with E-state index in [0.29, 0.717) is 60.7 Å². The molecular weight excluding hydrogens is 752 g/mol. The molecule has 0 aliphatic rings. The predicted molar refractivity (Wildman–Crippen MR) is 214 cm³/mol. The molecule has 0 amide bonds. The van der Waals surface area contributed by atoms with E-state index in [-0.39, 0.29) is 42.7 Å². The van der Waals surface area contributed by atoms with Crippen molar-refractivity contribution in [2.24, 2.45) is 5.41 Å². The van der Waals surface area contributed by atoms with Crippen molar-refractivity contribution in [1.29, 1.82) is 0 Å². The highest BCUT2D eigenvalue weighted by atomic mass is 35.5. The lowest BCUT2D eigenvalue weighted by atomic mass is 9.96. The highest BCUT2D eigenvalue weighted by Crippen LogP contribution is 2.36. The number of hydrogen-bond acceptors (Lipinski definition) is 12. The summed E-state index contributed by atoms with van der Waals surface area (Å²) in [5.41, 5.74) is -0.656. The van der Waals surface area contributed by atoms with Gasteiger partial charge in [-0.2, -0.15) is 0 Å². The van der Waals surface area contributed by atoms with E-state index in [9.17, 15) is 19.2 Å². The third-order valence-electron chi connectivity index (χ3n) is 8.26. The fourth-order valence-corrected chi connectivity index (χ4v) is 8.37. The smallest absolute Gasteiger partial charge is 0.344 e. The summed E-state index contributed by atoms with van der Waals surface area (Å²) in [6.45, 7) is 7.70. The van der Waals surface area contributed by atoms with Gasteiger partial charge in [0, 0.05) is 31.0 Å². The van der Waals surface area contributed by atoms with Crippen molar-refractivity contribution >= 4 is 86.6 Å². The van der Waals surface area contributed by atoms with E-state index >= 15 is 0 Å². The Balaban J connectivity index is 0.896. The van der Waals surface area contributed by atoms with Gasteiger partial charge in [-0.15, -0.1) is 22.7 Å². The van der Waals surface area contributed by atoms with Crippen molar-refractivity contribution in [3.05, 3.63) is 104 Å². The van der Waals surface area contributed by atoms with E-state index < -0.39 is 24.1 Å². The summed E-state index contributed by atoms with van der Waals surface area (Å²) in [7, 11) is 0. The first kappa shape index (κ1) is 39.1. The van der Waals surface area contributed by atoms with Crippen LogP contribution in [0.25, 0.3) is 40.3 Å². The Kier molecular flexibility index (Phi) is 12.5. The van der Waals surface area contributed by atoms with Gasteiger partial charge in [0.25, 0.3) is 0 Å². The second-order valence-corrected chi connectivity index (χ2v) is 16.1. The normalized spacial score (nSPS) is 12.9. The van der Waals surface area contributed by atoms with Crippen LogP contribution >= 0.6 is 34.3 Å². The van der Waals surface area contributed by atoms with Crippen LogP contribution in [0.15, 0.2) is 88.5 Å². The highest BCUT2D eigenvalue weighted by molar-refractivity contribution is 7.25. The fourth-order valence-electron chi connectivity index (χ4n) is 5.77. The van der Waals surface area contributed by atoms with Gasteiger partial charge >= 0.3 is 11.9 Å². The Hall–Kier alpha value is -4.59. The molecule has 2 aromatic heterocycles. The van der Waals surface area contributed by atoms with Crippen LogP contribution in [-0.4, -0.2) is 63.8 Å². The van der Waals surface area contributed by atoms with E-state index in [0.717, 1.165) is 9.40 Å². The molecule has 2 unspecified atom stereocenters. The van der Waals surface area contributed by atoms with Gasteiger partial charge in [0.15, 0.2) is 24.1 Å². The second-order valence-electron chi connectivity index (χ2n) is 13.6. The van der Waals surface area contributed by atoms with Crippen LogP contribution in [0.3, 0.4) is 0 Å². The van der Waals surface area contributed by atoms with Gasteiger partial charge in [-0.05, 0) is 62.4 Å². The summed E-state index contributed by atoms with van der Waals surface area (Å²) >= 11 is 9.18. The van der Waals surface area contributed by atoms with Crippen molar-refractivity contribution in [2.75, 3.05) is 39.6 Å².